The molecule has 0 spiro atoms. The summed E-state index contributed by atoms with van der Waals surface area (Å²) in [5, 5.41) is 31.9. The second kappa shape index (κ2) is 10.2. The molecule has 1 saturated heterocycles. The fourth-order valence-corrected chi connectivity index (χ4v) is 5.87. The average Bonchev–Trinajstić information content (AvgIpc) is 3.62. The van der Waals surface area contributed by atoms with Crippen LogP contribution in [-0.2, 0) is 9.47 Å². The number of nitrogens with zero attached hydrogens (tertiary/aromatic N) is 6. The molecule has 0 aliphatic carbocycles. The number of ether oxygens (including phenoxy) is 2. The van der Waals surface area contributed by atoms with Gasteiger partial charge < -0.3 is 29.8 Å². The lowest BCUT2D eigenvalue weighted by atomic mass is 9.97. The number of rotatable bonds is 7. The highest BCUT2D eigenvalue weighted by atomic mass is 35.5. The first-order valence-corrected chi connectivity index (χ1v) is 12.4. The molecule has 1 aliphatic heterocycles. The van der Waals surface area contributed by atoms with Gasteiger partial charge in [0.25, 0.3) is 0 Å². The quantitative estimate of drug-likeness (QED) is 0.314. The number of aromatic nitrogens is 6. The number of oxazole rings is 1. The van der Waals surface area contributed by atoms with E-state index in [4.69, 9.17) is 31.2 Å². The molecule has 0 aromatic carbocycles. The maximum Gasteiger partial charge on any atom is 0.246 e. The lowest BCUT2D eigenvalue weighted by Gasteiger charge is -2.43. The molecule has 0 saturated carbocycles. The molecule has 4 aromatic rings. The third kappa shape index (κ3) is 4.78. The Balaban J connectivity index is 1.49. The molecule has 4 N–H and O–H groups in total. The molecule has 5 rings (SSSR count). The number of thioether (sulfide) groups is 1. The minimum atomic E-state index is -1.14. The molecule has 184 valence electrons. The number of nitrogens with two attached hydrogens (primary N) is 1. The summed E-state index contributed by atoms with van der Waals surface area (Å²) in [5.74, 6) is 0.313. The first-order valence-electron chi connectivity index (χ1n) is 10.3. The maximum atomic E-state index is 11.0. The number of halogens is 1. The Kier molecular flexibility index (Phi) is 7.02. The zero-order chi connectivity index (χ0) is 24.5. The summed E-state index contributed by atoms with van der Waals surface area (Å²) in [6.07, 6.45) is 3.35. The van der Waals surface area contributed by atoms with Gasteiger partial charge in [0, 0.05) is 23.6 Å². The van der Waals surface area contributed by atoms with Crippen molar-refractivity contribution in [2.24, 2.45) is 0 Å². The fourth-order valence-electron chi connectivity index (χ4n) is 3.79. The Morgan fingerprint density at radius 2 is 2.20 bits per heavy atom. The van der Waals surface area contributed by atoms with Crippen LogP contribution < -0.4 is 5.73 Å². The van der Waals surface area contributed by atoms with E-state index in [1.54, 1.807) is 17.6 Å². The summed E-state index contributed by atoms with van der Waals surface area (Å²) >= 11 is 8.76. The smallest absolute Gasteiger partial charge is 0.246 e. The van der Waals surface area contributed by atoms with E-state index in [9.17, 15) is 10.2 Å². The lowest BCUT2D eigenvalue weighted by molar-refractivity contribution is -0.186. The first-order chi connectivity index (χ1) is 17.0. The van der Waals surface area contributed by atoms with Gasteiger partial charge in [-0.2, -0.15) is 0 Å². The minimum absolute atomic E-state index is 0.313. The number of nitrogen functional groups attached to an aromatic ring is 1. The van der Waals surface area contributed by atoms with Gasteiger partial charge in [-0.25, -0.2) is 19.6 Å². The summed E-state index contributed by atoms with van der Waals surface area (Å²) in [7, 11) is 1.50. The van der Waals surface area contributed by atoms with Gasteiger partial charge in [-0.05, 0) is 6.07 Å². The Bertz CT molecular complexity index is 1290. The molecular weight excluding hydrogens is 518 g/mol. The molecule has 0 radical (unpaired) electrons. The van der Waals surface area contributed by atoms with Crippen LogP contribution in [0, 0.1) is 0 Å². The van der Waals surface area contributed by atoms with Crippen molar-refractivity contribution in [3.63, 3.8) is 0 Å². The van der Waals surface area contributed by atoms with Crippen LogP contribution in [0.4, 0.5) is 5.13 Å². The molecule has 1 fully saturated rings. The van der Waals surface area contributed by atoms with Gasteiger partial charge in [0.1, 0.15) is 53.1 Å². The number of aliphatic hydroxyl groups is 2. The maximum absolute atomic E-state index is 11.0. The normalized spacial score (nSPS) is 24.6. The molecule has 5 atom stereocenters. The first kappa shape index (κ1) is 24.1. The predicted octanol–water partition coefficient (Wildman–Crippen LogP) is 2.11. The molecule has 12 nitrogen and oxygen atoms in total. The summed E-state index contributed by atoms with van der Waals surface area (Å²) in [5.41, 5.74) is 6.57. The van der Waals surface area contributed by atoms with Crippen LogP contribution in [0.5, 0.6) is 0 Å². The van der Waals surface area contributed by atoms with Gasteiger partial charge in [0.2, 0.25) is 5.89 Å². The second-order valence-electron chi connectivity index (χ2n) is 7.52. The number of thiazole rings is 1. The monoisotopic (exact) mass is 537 g/mol. The molecule has 5 heterocycles. The third-order valence-electron chi connectivity index (χ3n) is 5.39. The number of methoxy groups -OCH3 is 1. The third-order valence-corrected chi connectivity index (χ3v) is 7.45. The number of anilines is 1. The van der Waals surface area contributed by atoms with Crippen molar-refractivity contribution in [2.45, 2.75) is 34.7 Å². The van der Waals surface area contributed by atoms with E-state index in [1.165, 1.54) is 53.5 Å². The molecule has 35 heavy (non-hydrogen) atoms. The molecular formula is C20H20ClN7O5S2. The van der Waals surface area contributed by atoms with Crippen molar-refractivity contribution in [3.05, 3.63) is 41.3 Å². The van der Waals surface area contributed by atoms with Gasteiger partial charge in [0.15, 0.2) is 5.13 Å². The van der Waals surface area contributed by atoms with E-state index >= 15 is 0 Å². The molecule has 0 amide bonds. The average molecular weight is 538 g/mol. The molecule has 4 aromatic heterocycles. The van der Waals surface area contributed by atoms with Crippen LogP contribution in [0.15, 0.2) is 45.6 Å². The summed E-state index contributed by atoms with van der Waals surface area (Å²) in [6, 6.07) is 0.973. The van der Waals surface area contributed by atoms with Gasteiger partial charge >= 0.3 is 0 Å². The standard InChI is InChI=1S/C20H20ClN7O5S2/c1-31-17-15(28-6-10(26-27-28)11-8-34-20(22)25-11)16(30)12(7-29)33-19(17)35-13-4-9(21)5-24-14(13)18-23-2-3-32-18/h2-6,8,12,15-17,19,29-30H,7H2,1H3,(H2,22,25)/t12-,15+,16+,17-,19-/m1/s1. The SMILES string of the molecule is CO[C@@H]1[C@@H](n2cc(-c3csc(N)n3)nn2)[C@@H](O)[C@@H](CO)O[C@@H]1Sc1cc(Cl)cnc1-c1ncco1. The van der Waals surface area contributed by atoms with E-state index in [0.717, 1.165) is 0 Å². The number of aliphatic hydroxyl groups excluding tert-OH is 2. The van der Waals surface area contributed by atoms with E-state index in [-0.39, 0.29) is 0 Å². The lowest BCUT2D eigenvalue weighted by Crippen LogP contribution is -2.55. The zero-order valence-corrected chi connectivity index (χ0v) is 20.5. The van der Waals surface area contributed by atoms with E-state index < -0.39 is 36.4 Å². The van der Waals surface area contributed by atoms with Crippen LogP contribution >= 0.6 is 34.7 Å². The Morgan fingerprint density at radius 3 is 2.89 bits per heavy atom. The van der Waals surface area contributed by atoms with E-state index in [2.05, 4.69) is 25.3 Å². The van der Waals surface area contributed by atoms with Crippen LogP contribution in [0.1, 0.15) is 6.04 Å². The highest BCUT2D eigenvalue weighted by Gasteiger charge is 2.47. The number of hydrogen-bond donors (Lipinski definition) is 3. The topological polar surface area (TPSA) is 167 Å². The Morgan fingerprint density at radius 1 is 1.34 bits per heavy atom. The Labute approximate surface area is 212 Å². The summed E-state index contributed by atoms with van der Waals surface area (Å²) < 4.78 is 18.7. The molecule has 1 aliphatic rings. The number of pyridine rings is 1. The van der Waals surface area contributed by atoms with Gasteiger partial charge in [0.05, 0.1) is 24.0 Å². The van der Waals surface area contributed by atoms with Crippen LogP contribution in [0.3, 0.4) is 0 Å². The summed E-state index contributed by atoms with van der Waals surface area (Å²) in [6.45, 7) is -0.421. The predicted molar refractivity (Wildman–Crippen MR) is 128 cm³/mol. The van der Waals surface area contributed by atoms with Crippen molar-refractivity contribution in [2.75, 3.05) is 19.5 Å². The van der Waals surface area contributed by atoms with Crippen molar-refractivity contribution in [1.82, 2.24) is 29.9 Å². The van der Waals surface area contributed by atoms with Crippen molar-refractivity contribution < 1.29 is 24.1 Å². The largest absolute Gasteiger partial charge is 0.443 e. The second-order valence-corrected chi connectivity index (χ2v) is 9.98. The molecule has 0 bridgehead atoms. The zero-order valence-electron chi connectivity index (χ0n) is 18.1. The van der Waals surface area contributed by atoms with Gasteiger partial charge in [-0.3, -0.25) is 0 Å². The molecule has 15 heteroatoms. The molecule has 0 unspecified atom stereocenters. The fraction of sp³-hybridized carbons (Fsp3) is 0.350. The van der Waals surface area contributed by atoms with Crippen molar-refractivity contribution in [1.29, 1.82) is 0 Å². The van der Waals surface area contributed by atoms with Crippen LogP contribution in [0.25, 0.3) is 23.0 Å². The van der Waals surface area contributed by atoms with Gasteiger partial charge in [-0.15, -0.1) is 16.4 Å². The van der Waals surface area contributed by atoms with Crippen LogP contribution in [0.2, 0.25) is 5.02 Å². The van der Waals surface area contributed by atoms with E-state index in [0.29, 0.717) is 38.0 Å². The number of hydrogen-bond acceptors (Lipinski definition) is 13. The van der Waals surface area contributed by atoms with Gasteiger partial charge in [-0.1, -0.05) is 28.6 Å². The summed E-state index contributed by atoms with van der Waals surface area (Å²) in [4.78, 5) is 13.4. The minimum Gasteiger partial charge on any atom is -0.443 e. The Hall–Kier alpha value is -2.59. The van der Waals surface area contributed by atoms with Crippen molar-refractivity contribution in [3.8, 4) is 23.0 Å². The highest BCUT2D eigenvalue weighted by Crippen LogP contribution is 2.42. The highest BCUT2D eigenvalue weighted by molar-refractivity contribution is 8.00. The van der Waals surface area contributed by atoms with E-state index in [1.807, 2.05) is 0 Å². The van der Waals surface area contributed by atoms with Crippen molar-refractivity contribution >= 4 is 39.8 Å². The van der Waals surface area contributed by atoms with Crippen LogP contribution in [-0.4, -0.2) is 77.6 Å².